The lowest BCUT2D eigenvalue weighted by molar-refractivity contribution is 0.472. The molecule has 90 valence electrons. The van der Waals surface area contributed by atoms with Gasteiger partial charge in [-0.2, -0.15) is 0 Å². The van der Waals surface area contributed by atoms with Gasteiger partial charge in [-0.3, -0.25) is 0 Å². The summed E-state index contributed by atoms with van der Waals surface area (Å²) in [6, 6.07) is 11.9. The van der Waals surface area contributed by atoms with Gasteiger partial charge in [-0.25, -0.2) is 4.98 Å². The van der Waals surface area contributed by atoms with Gasteiger partial charge in [-0.1, -0.05) is 0 Å². The lowest BCUT2D eigenvalue weighted by atomic mass is 10.2. The fraction of sp³-hybridized carbons (Fsp3) is 0.0714. The minimum absolute atomic E-state index is 0.180. The number of benzene rings is 1. The summed E-state index contributed by atoms with van der Waals surface area (Å²) in [5, 5.41) is 10.5. The monoisotopic (exact) mass is 256 g/mol. The molecule has 0 bridgehead atoms. The Bertz CT molecular complexity index is 689. The van der Waals surface area contributed by atoms with Crippen LogP contribution in [0.5, 0.6) is 5.75 Å². The van der Waals surface area contributed by atoms with Gasteiger partial charge in [0.1, 0.15) is 11.6 Å². The van der Waals surface area contributed by atoms with Crippen LogP contribution in [0, 0.1) is 0 Å². The number of aromatic hydroxyl groups is 1. The Morgan fingerprint density at radius 2 is 2.06 bits per heavy atom. The molecule has 3 nitrogen and oxygen atoms in total. The average Bonchev–Trinajstić information content (AvgIpc) is 2.82. The van der Waals surface area contributed by atoms with E-state index in [1.165, 1.54) is 16.5 Å². The third-order valence-electron chi connectivity index (χ3n) is 2.88. The van der Waals surface area contributed by atoms with Crippen LogP contribution < -0.4 is 0 Å². The maximum atomic E-state index is 9.26. The molecule has 3 aromatic rings. The van der Waals surface area contributed by atoms with E-state index in [1.54, 1.807) is 23.9 Å². The van der Waals surface area contributed by atoms with E-state index in [1.807, 2.05) is 10.8 Å². The summed E-state index contributed by atoms with van der Waals surface area (Å²) in [5.41, 5.74) is 1.12. The number of hydrogen-bond acceptors (Lipinski definition) is 3. The maximum Gasteiger partial charge on any atom is 0.137 e. The van der Waals surface area contributed by atoms with Crippen molar-refractivity contribution in [1.29, 1.82) is 0 Å². The van der Waals surface area contributed by atoms with Crippen molar-refractivity contribution in [3.05, 3.63) is 48.8 Å². The SMILES string of the molecule is CSc1ccc2c(ccn2-c2ccc(O)cn2)c1. The highest BCUT2D eigenvalue weighted by molar-refractivity contribution is 7.98. The Hall–Kier alpha value is -1.94. The second-order valence-corrected chi connectivity index (χ2v) is 4.86. The first-order chi connectivity index (χ1) is 8.78. The predicted molar refractivity (Wildman–Crippen MR) is 74.5 cm³/mol. The van der Waals surface area contributed by atoms with Crippen LogP contribution in [0.4, 0.5) is 0 Å². The van der Waals surface area contributed by atoms with E-state index in [4.69, 9.17) is 0 Å². The molecule has 0 radical (unpaired) electrons. The van der Waals surface area contributed by atoms with Crippen molar-refractivity contribution in [3.63, 3.8) is 0 Å². The lowest BCUT2D eigenvalue weighted by Gasteiger charge is -2.05. The van der Waals surface area contributed by atoms with Crippen LogP contribution in [0.3, 0.4) is 0 Å². The molecule has 0 atom stereocenters. The van der Waals surface area contributed by atoms with Gasteiger partial charge in [0.05, 0.1) is 11.7 Å². The summed E-state index contributed by atoms with van der Waals surface area (Å²) in [4.78, 5) is 5.47. The number of aromatic nitrogens is 2. The topological polar surface area (TPSA) is 38.0 Å². The molecule has 18 heavy (non-hydrogen) atoms. The van der Waals surface area contributed by atoms with Crippen LogP contribution in [0.15, 0.2) is 53.7 Å². The molecule has 0 amide bonds. The van der Waals surface area contributed by atoms with Gasteiger partial charge in [0.15, 0.2) is 0 Å². The minimum atomic E-state index is 0.180. The summed E-state index contributed by atoms with van der Waals surface area (Å²) in [7, 11) is 0. The van der Waals surface area contributed by atoms with E-state index in [-0.39, 0.29) is 5.75 Å². The lowest BCUT2D eigenvalue weighted by Crippen LogP contribution is -1.94. The second kappa shape index (κ2) is 4.38. The van der Waals surface area contributed by atoms with Crippen LogP contribution >= 0.6 is 11.8 Å². The van der Waals surface area contributed by atoms with Gasteiger partial charge in [0.2, 0.25) is 0 Å². The highest BCUT2D eigenvalue weighted by Gasteiger charge is 2.04. The van der Waals surface area contributed by atoms with E-state index in [0.29, 0.717) is 0 Å². The largest absolute Gasteiger partial charge is 0.506 e. The molecule has 0 aliphatic carbocycles. The van der Waals surface area contributed by atoms with Gasteiger partial charge in [0, 0.05) is 16.5 Å². The van der Waals surface area contributed by atoms with Crippen molar-refractivity contribution in [2.45, 2.75) is 4.90 Å². The molecule has 0 aliphatic rings. The third-order valence-corrected chi connectivity index (χ3v) is 3.60. The highest BCUT2D eigenvalue weighted by Crippen LogP contribution is 2.25. The average molecular weight is 256 g/mol. The standard InChI is InChI=1S/C14H12N2OS/c1-18-12-3-4-13-10(8-12)6-7-16(13)14-5-2-11(17)9-15-14/h2-9,17H,1H3. The number of fused-ring (bicyclic) bond motifs is 1. The van der Waals surface area contributed by atoms with Crippen LogP contribution in [-0.4, -0.2) is 20.9 Å². The van der Waals surface area contributed by atoms with Gasteiger partial charge in [0.25, 0.3) is 0 Å². The third kappa shape index (κ3) is 1.84. The normalized spacial score (nSPS) is 10.9. The Labute approximate surface area is 109 Å². The molecule has 2 heterocycles. The highest BCUT2D eigenvalue weighted by atomic mass is 32.2. The molecule has 0 saturated heterocycles. The maximum absolute atomic E-state index is 9.26. The van der Waals surface area contributed by atoms with Crippen LogP contribution in [0.25, 0.3) is 16.7 Å². The summed E-state index contributed by atoms with van der Waals surface area (Å²) < 4.78 is 2.01. The van der Waals surface area contributed by atoms with Crippen molar-refractivity contribution in [1.82, 2.24) is 9.55 Å². The molecule has 2 aromatic heterocycles. The summed E-state index contributed by atoms with van der Waals surface area (Å²) >= 11 is 1.73. The Kier molecular flexibility index (Phi) is 2.72. The van der Waals surface area contributed by atoms with Crippen molar-refractivity contribution < 1.29 is 5.11 Å². The first-order valence-corrected chi connectivity index (χ1v) is 6.81. The zero-order valence-corrected chi connectivity index (χ0v) is 10.7. The van der Waals surface area contributed by atoms with Crippen molar-refractivity contribution >= 4 is 22.7 Å². The van der Waals surface area contributed by atoms with E-state index < -0.39 is 0 Å². The quantitative estimate of drug-likeness (QED) is 0.714. The number of pyridine rings is 1. The molecule has 3 rings (SSSR count). The number of thioether (sulfide) groups is 1. The summed E-state index contributed by atoms with van der Waals surface area (Å²) in [6.07, 6.45) is 5.52. The molecule has 4 heteroatoms. The fourth-order valence-electron chi connectivity index (χ4n) is 1.97. The number of nitrogens with zero attached hydrogens (tertiary/aromatic N) is 2. The van der Waals surface area contributed by atoms with Gasteiger partial charge < -0.3 is 9.67 Å². The molecule has 0 saturated carbocycles. The molecule has 1 aromatic carbocycles. The van der Waals surface area contributed by atoms with Crippen molar-refractivity contribution in [3.8, 4) is 11.6 Å². The zero-order valence-electron chi connectivity index (χ0n) is 9.87. The van der Waals surface area contributed by atoms with Crippen LogP contribution in [0.1, 0.15) is 0 Å². The van der Waals surface area contributed by atoms with Crippen molar-refractivity contribution in [2.75, 3.05) is 6.26 Å². The molecule has 0 spiro atoms. The van der Waals surface area contributed by atoms with E-state index in [2.05, 4.69) is 35.5 Å². The van der Waals surface area contributed by atoms with E-state index in [9.17, 15) is 5.11 Å². The summed E-state index contributed by atoms with van der Waals surface area (Å²) in [5.74, 6) is 0.986. The Morgan fingerprint density at radius 3 is 2.78 bits per heavy atom. The van der Waals surface area contributed by atoms with Gasteiger partial charge in [-0.15, -0.1) is 11.8 Å². The molecule has 1 N–H and O–H groups in total. The zero-order chi connectivity index (χ0) is 12.5. The molecular formula is C14H12N2OS. The second-order valence-electron chi connectivity index (χ2n) is 3.99. The number of rotatable bonds is 2. The molecule has 0 fully saturated rings. The fourth-order valence-corrected chi connectivity index (χ4v) is 2.42. The smallest absolute Gasteiger partial charge is 0.137 e. The van der Waals surface area contributed by atoms with Gasteiger partial charge >= 0.3 is 0 Å². The molecule has 0 unspecified atom stereocenters. The van der Waals surface area contributed by atoms with E-state index >= 15 is 0 Å². The van der Waals surface area contributed by atoms with E-state index in [0.717, 1.165) is 11.3 Å². The molecule has 0 aliphatic heterocycles. The first-order valence-electron chi connectivity index (χ1n) is 5.58. The first kappa shape index (κ1) is 11.2. The molecular weight excluding hydrogens is 244 g/mol. The Morgan fingerprint density at radius 1 is 1.17 bits per heavy atom. The number of hydrogen-bond donors (Lipinski definition) is 1. The minimum Gasteiger partial charge on any atom is -0.506 e. The predicted octanol–water partition coefficient (Wildman–Crippen LogP) is 3.45. The van der Waals surface area contributed by atoms with Gasteiger partial charge in [-0.05, 0) is 42.7 Å². The van der Waals surface area contributed by atoms with Crippen molar-refractivity contribution in [2.24, 2.45) is 0 Å². The van der Waals surface area contributed by atoms with Crippen LogP contribution in [-0.2, 0) is 0 Å². The summed E-state index contributed by atoms with van der Waals surface area (Å²) in [6.45, 7) is 0. The Balaban J connectivity index is 2.15. The van der Waals surface area contributed by atoms with Crippen LogP contribution in [0.2, 0.25) is 0 Å².